The number of amides is 2. The predicted octanol–water partition coefficient (Wildman–Crippen LogP) is 2.52. The minimum absolute atomic E-state index is 0.0244. The summed E-state index contributed by atoms with van der Waals surface area (Å²) < 4.78 is 11.0. The maximum absolute atomic E-state index is 13.2. The first kappa shape index (κ1) is 23.4. The van der Waals surface area contributed by atoms with E-state index in [4.69, 9.17) is 9.47 Å². The van der Waals surface area contributed by atoms with Crippen LogP contribution in [0.15, 0.2) is 18.2 Å². The summed E-state index contributed by atoms with van der Waals surface area (Å²) in [7, 11) is 0. The molecule has 1 saturated heterocycles. The van der Waals surface area contributed by atoms with E-state index in [2.05, 4.69) is 0 Å². The average molecular weight is 457 g/mol. The van der Waals surface area contributed by atoms with Crippen molar-refractivity contribution in [1.82, 2.24) is 4.90 Å². The van der Waals surface area contributed by atoms with Crippen molar-refractivity contribution < 1.29 is 28.7 Å². The predicted molar refractivity (Wildman–Crippen MR) is 121 cm³/mol. The fraction of sp³-hybridized carbons (Fsp3) is 0.600. The first-order valence-corrected chi connectivity index (χ1v) is 11.8. The number of morpholine rings is 1. The van der Waals surface area contributed by atoms with Crippen LogP contribution in [-0.4, -0.2) is 67.4 Å². The molecular formula is C25H32N2O6. The van der Waals surface area contributed by atoms with E-state index in [1.54, 1.807) is 34.9 Å². The molecule has 1 aliphatic carbocycles. The molecule has 8 heteroatoms. The Morgan fingerprint density at radius 2 is 1.79 bits per heavy atom. The lowest BCUT2D eigenvalue weighted by atomic mass is 9.82. The second-order valence-electron chi connectivity index (χ2n) is 9.33. The minimum Gasteiger partial charge on any atom is -0.454 e. The summed E-state index contributed by atoms with van der Waals surface area (Å²) in [6.45, 7) is 5.82. The molecule has 0 radical (unpaired) electrons. The number of hydrogen-bond donors (Lipinski definition) is 0. The molecule has 1 saturated carbocycles. The summed E-state index contributed by atoms with van der Waals surface area (Å²) in [5.41, 5.74) is 1.38. The molecule has 2 amide bonds. The Hall–Kier alpha value is -2.74. The lowest BCUT2D eigenvalue weighted by Gasteiger charge is -2.32. The number of esters is 1. The van der Waals surface area contributed by atoms with Gasteiger partial charge in [0.1, 0.15) is 0 Å². The van der Waals surface area contributed by atoms with Gasteiger partial charge in [-0.1, -0.05) is 12.8 Å². The smallest absolute Gasteiger partial charge is 0.313 e. The highest BCUT2D eigenvalue weighted by molar-refractivity contribution is 6.02. The van der Waals surface area contributed by atoms with Crippen molar-refractivity contribution in [2.75, 3.05) is 37.7 Å². The van der Waals surface area contributed by atoms with Crippen molar-refractivity contribution in [2.24, 2.45) is 5.41 Å². The first-order chi connectivity index (χ1) is 15.8. The van der Waals surface area contributed by atoms with Crippen LogP contribution in [0.25, 0.3) is 0 Å². The number of fused-ring (bicyclic) bond motifs is 1. The Balaban J connectivity index is 1.42. The highest BCUT2D eigenvalue weighted by Crippen LogP contribution is 2.43. The average Bonchev–Trinajstić information content (AvgIpc) is 3.46. The molecule has 1 atom stereocenters. The summed E-state index contributed by atoms with van der Waals surface area (Å²) >= 11 is 0. The number of ether oxygens (including phenoxy) is 2. The van der Waals surface area contributed by atoms with Gasteiger partial charge in [0.15, 0.2) is 6.10 Å². The maximum atomic E-state index is 13.2. The van der Waals surface area contributed by atoms with Crippen LogP contribution >= 0.6 is 0 Å². The number of nitrogens with zero attached hydrogens (tertiary/aromatic N) is 2. The molecule has 4 rings (SSSR count). The Morgan fingerprint density at radius 1 is 1.09 bits per heavy atom. The molecule has 33 heavy (non-hydrogen) atoms. The van der Waals surface area contributed by atoms with Crippen LogP contribution < -0.4 is 4.90 Å². The van der Waals surface area contributed by atoms with Crippen LogP contribution in [0.4, 0.5) is 5.69 Å². The second kappa shape index (κ2) is 9.63. The molecule has 1 aromatic rings. The summed E-state index contributed by atoms with van der Waals surface area (Å²) in [6.07, 6.45) is 2.79. The third-order valence-electron chi connectivity index (χ3n) is 7.14. The van der Waals surface area contributed by atoms with E-state index in [0.29, 0.717) is 57.7 Å². The largest absolute Gasteiger partial charge is 0.454 e. The van der Waals surface area contributed by atoms with Gasteiger partial charge in [0, 0.05) is 44.2 Å². The Bertz CT molecular complexity index is 946. The minimum atomic E-state index is -0.947. The lowest BCUT2D eigenvalue weighted by molar-refractivity contribution is -0.162. The number of Topliss-reactive ketones (excluding diaryl/α,β-unsaturated/α-hetero) is 1. The van der Waals surface area contributed by atoms with Crippen molar-refractivity contribution in [2.45, 2.75) is 58.5 Å². The summed E-state index contributed by atoms with van der Waals surface area (Å²) in [5, 5.41) is 0. The number of rotatable bonds is 6. The highest BCUT2D eigenvalue weighted by Gasteiger charge is 2.46. The summed E-state index contributed by atoms with van der Waals surface area (Å²) in [5.74, 6) is -0.806. The van der Waals surface area contributed by atoms with Gasteiger partial charge in [0.05, 0.1) is 18.6 Å². The molecule has 0 N–H and O–H groups in total. The third kappa shape index (κ3) is 4.81. The van der Waals surface area contributed by atoms with Gasteiger partial charge in [0.25, 0.3) is 0 Å². The molecule has 3 aliphatic rings. The molecule has 178 valence electrons. The van der Waals surface area contributed by atoms with E-state index in [1.807, 2.05) is 0 Å². The normalized spacial score (nSPS) is 20.3. The molecule has 0 aromatic heterocycles. The molecular weight excluding hydrogens is 424 g/mol. The van der Waals surface area contributed by atoms with E-state index >= 15 is 0 Å². The number of carbonyl (C=O) groups excluding carboxylic acids is 4. The molecule has 2 aliphatic heterocycles. The van der Waals surface area contributed by atoms with Crippen LogP contribution in [0, 0.1) is 5.41 Å². The third-order valence-corrected chi connectivity index (χ3v) is 7.14. The number of anilines is 1. The van der Waals surface area contributed by atoms with Crippen molar-refractivity contribution >= 4 is 29.3 Å². The Kier molecular flexibility index (Phi) is 6.83. The maximum Gasteiger partial charge on any atom is 0.313 e. The number of benzene rings is 1. The van der Waals surface area contributed by atoms with E-state index < -0.39 is 17.5 Å². The van der Waals surface area contributed by atoms with Gasteiger partial charge in [-0.15, -0.1) is 0 Å². The number of carbonyl (C=O) groups is 4. The van der Waals surface area contributed by atoms with E-state index in [0.717, 1.165) is 24.1 Å². The topological polar surface area (TPSA) is 93.2 Å². The van der Waals surface area contributed by atoms with Gasteiger partial charge in [-0.05, 0) is 49.9 Å². The van der Waals surface area contributed by atoms with Crippen LogP contribution in [0.1, 0.15) is 61.9 Å². The standard InChI is InChI=1S/C25H32N2O6/c1-17(23(30)20-5-6-21-19(15-20)7-10-27(21)18(2)28)33-24(31)25(8-3-4-9-25)16-22(29)26-11-13-32-14-12-26/h5-6,15,17H,3-4,7-14,16H2,1-2H3/t17-/m1/s1. The van der Waals surface area contributed by atoms with Crippen LogP contribution in [-0.2, 0) is 30.3 Å². The van der Waals surface area contributed by atoms with Crippen molar-refractivity contribution in [3.05, 3.63) is 29.3 Å². The molecule has 0 unspecified atom stereocenters. The second-order valence-corrected chi connectivity index (χ2v) is 9.33. The quantitative estimate of drug-likeness (QED) is 0.482. The monoisotopic (exact) mass is 456 g/mol. The number of ketones is 1. The van der Waals surface area contributed by atoms with Crippen molar-refractivity contribution in [1.29, 1.82) is 0 Å². The molecule has 0 bridgehead atoms. The fourth-order valence-electron chi connectivity index (χ4n) is 5.17. The van der Waals surface area contributed by atoms with Gasteiger partial charge in [-0.2, -0.15) is 0 Å². The molecule has 8 nitrogen and oxygen atoms in total. The van der Waals surface area contributed by atoms with Gasteiger partial charge in [-0.25, -0.2) is 0 Å². The van der Waals surface area contributed by atoms with Gasteiger partial charge >= 0.3 is 5.97 Å². The van der Waals surface area contributed by atoms with E-state index in [-0.39, 0.29) is 24.0 Å². The van der Waals surface area contributed by atoms with Gasteiger partial charge < -0.3 is 19.3 Å². The van der Waals surface area contributed by atoms with Crippen molar-refractivity contribution in [3.63, 3.8) is 0 Å². The highest BCUT2D eigenvalue weighted by atomic mass is 16.5. The SMILES string of the molecule is CC(=O)N1CCc2cc(C(=O)[C@@H](C)OC(=O)C3(CC(=O)N4CCOCC4)CCCC3)ccc21. The zero-order valence-electron chi connectivity index (χ0n) is 19.4. The zero-order valence-corrected chi connectivity index (χ0v) is 19.4. The Labute approximate surface area is 194 Å². The van der Waals surface area contributed by atoms with Crippen molar-refractivity contribution in [3.8, 4) is 0 Å². The van der Waals surface area contributed by atoms with Crippen LogP contribution in [0.3, 0.4) is 0 Å². The van der Waals surface area contributed by atoms with Crippen LogP contribution in [0.2, 0.25) is 0 Å². The lowest BCUT2D eigenvalue weighted by Crippen LogP contribution is -2.45. The van der Waals surface area contributed by atoms with E-state index in [9.17, 15) is 19.2 Å². The zero-order chi connectivity index (χ0) is 23.6. The molecule has 2 fully saturated rings. The Morgan fingerprint density at radius 3 is 2.45 bits per heavy atom. The van der Waals surface area contributed by atoms with Crippen LogP contribution in [0.5, 0.6) is 0 Å². The molecule has 2 heterocycles. The molecule has 0 spiro atoms. The summed E-state index contributed by atoms with van der Waals surface area (Å²) in [4.78, 5) is 54.3. The first-order valence-electron chi connectivity index (χ1n) is 11.8. The van der Waals surface area contributed by atoms with Gasteiger partial charge in [-0.3, -0.25) is 19.2 Å². The molecule has 1 aromatic carbocycles. The number of hydrogen-bond acceptors (Lipinski definition) is 6. The van der Waals surface area contributed by atoms with E-state index in [1.165, 1.54) is 6.92 Å². The summed E-state index contributed by atoms with van der Waals surface area (Å²) in [6, 6.07) is 5.25. The fourth-order valence-corrected chi connectivity index (χ4v) is 5.17. The van der Waals surface area contributed by atoms with Gasteiger partial charge in [0.2, 0.25) is 17.6 Å².